The van der Waals surface area contributed by atoms with Crippen molar-refractivity contribution in [1.82, 2.24) is 14.5 Å². The molecule has 0 saturated carbocycles. The van der Waals surface area contributed by atoms with E-state index in [1.807, 2.05) is 0 Å². The number of hydrogen-bond acceptors (Lipinski definition) is 6. The average Bonchev–Trinajstić information content (AvgIpc) is 3.13. The van der Waals surface area contributed by atoms with Crippen molar-refractivity contribution < 1.29 is 22.7 Å². The van der Waals surface area contributed by atoms with E-state index in [0.717, 1.165) is 15.9 Å². The van der Waals surface area contributed by atoms with Gasteiger partial charge >= 0.3 is 11.9 Å². The zero-order valence-corrected chi connectivity index (χ0v) is 17.3. The molecule has 166 valence electrons. The van der Waals surface area contributed by atoms with Gasteiger partial charge in [0.1, 0.15) is 5.75 Å². The van der Waals surface area contributed by atoms with E-state index < -0.39 is 29.9 Å². The maximum Gasteiger partial charge on any atom is 0.422 e. The van der Waals surface area contributed by atoms with Gasteiger partial charge in [-0.1, -0.05) is 11.3 Å². The summed E-state index contributed by atoms with van der Waals surface area (Å²) in [7, 11) is 0. The van der Waals surface area contributed by atoms with Gasteiger partial charge in [0.05, 0.1) is 21.1 Å². The molecule has 32 heavy (non-hydrogen) atoms. The number of rotatable bonds is 5. The topological polar surface area (TPSA) is 106 Å². The minimum absolute atomic E-state index is 0.0348. The van der Waals surface area contributed by atoms with Crippen LogP contribution in [0.4, 0.5) is 18.3 Å². The second kappa shape index (κ2) is 8.11. The van der Waals surface area contributed by atoms with Crippen LogP contribution >= 0.6 is 11.3 Å². The lowest BCUT2D eigenvalue weighted by Crippen LogP contribution is -2.34. The maximum atomic E-state index is 12.6. The van der Waals surface area contributed by atoms with Gasteiger partial charge in [0.15, 0.2) is 11.7 Å². The summed E-state index contributed by atoms with van der Waals surface area (Å²) in [4.78, 5) is 43.8. The van der Waals surface area contributed by atoms with Crippen molar-refractivity contribution >= 4 is 43.5 Å². The van der Waals surface area contributed by atoms with Crippen molar-refractivity contribution in [2.45, 2.75) is 19.6 Å². The Morgan fingerprint density at radius 2 is 2.00 bits per heavy atom. The summed E-state index contributed by atoms with van der Waals surface area (Å²) in [5.41, 5.74) is -0.124. The monoisotopic (exact) mass is 464 g/mol. The molecule has 1 amide bonds. The Bertz CT molecular complexity index is 1460. The normalized spacial score (nSPS) is 11.8. The van der Waals surface area contributed by atoms with E-state index in [4.69, 9.17) is 4.74 Å². The van der Waals surface area contributed by atoms with Crippen LogP contribution in [0.5, 0.6) is 5.75 Å². The van der Waals surface area contributed by atoms with Crippen molar-refractivity contribution in [3.05, 3.63) is 62.8 Å². The highest BCUT2D eigenvalue weighted by Gasteiger charge is 2.28. The fraction of sp³-hybridized carbons (Fsp3) is 0.200. The number of anilines is 1. The van der Waals surface area contributed by atoms with E-state index in [1.54, 1.807) is 6.92 Å². The number of nitrogens with one attached hydrogen (secondary N) is 2. The number of H-pyrrole nitrogens is 1. The second-order valence-electron chi connectivity index (χ2n) is 6.75. The van der Waals surface area contributed by atoms with Crippen molar-refractivity contribution in [3.63, 3.8) is 0 Å². The summed E-state index contributed by atoms with van der Waals surface area (Å²) in [5, 5.41) is 3.11. The van der Waals surface area contributed by atoms with Gasteiger partial charge in [0.2, 0.25) is 0 Å². The van der Waals surface area contributed by atoms with Crippen LogP contribution in [0.1, 0.15) is 17.3 Å². The zero-order valence-electron chi connectivity index (χ0n) is 16.4. The molecule has 0 spiro atoms. The minimum Gasteiger partial charge on any atom is -0.484 e. The molecule has 4 rings (SSSR count). The Kier molecular flexibility index (Phi) is 5.46. The van der Waals surface area contributed by atoms with Gasteiger partial charge in [-0.05, 0) is 43.3 Å². The first-order valence-corrected chi connectivity index (χ1v) is 10.1. The van der Waals surface area contributed by atoms with E-state index in [1.165, 1.54) is 36.4 Å². The number of carbonyl (C=O) groups is 1. The molecule has 2 aromatic carbocycles. The van der Waals surface area contributed by atoms with Crippen LogP contribution in [0.25, 0.3) is 21.1 Å². The standard InChI is InChI=1S/C20H15F3N4O4S/c1-2-27-17(29)12-5-3-10(7-14(12)25-19(27)30)16(28)26-18-24-13-6-4-11(8-15(13)32-18)31-9-20(21,22)23/h3-8H,2,9H2,1H3,(H,25,30)(H,24,26,28). The Labute approximate surface area is 181 Å². The highest BCUT2D eigenvalue weighted by molar-refractivity contribution is 7.22. The summed E-state index contributed by atoms with van der Waals surface area (Å²) in [6.07, 6.45) is -4.45. The SMILES string of the molecule is CCn1c(=O)[nH]c2cc(C(=O)Nc3nc4ccc(OCC(F)(F)F)cc4s3)ccc2c1=O. The number of fused-ring (bicyclic) bond motifs is 2. The molecule has 0 unspecified atom stereocenters. The molecule has 0 aliphatic carbocycles. The molecule has 2 heterocycles. The number of nitrogens with zero attached hydrogens (tertiary/aromatic N) is 2. The van der Waals surface area contributed by atoms with Gasteiger partial charge in [-0.25, -0.2) is 9.78 Å². The third-order valence-electron chi connectivity index (χ3n) is 4.54. The lowest BCUT2D eigenvalue weighted by atomic mass is 10.1. The van der Waals surface area contributed by atoms with Gasteiger partial charge in [-0.3, -0.25) is 19.5 Å². The molecule has 0 radical (unpaired) electrons. The smallest absolute Gasteiger partial charge is 0.422 e. The Morgan fingerprint density at radius 1 is 1.22 bits per heavy atom. The quantitative estimate of drug-likeness (QED) is 0.470. The molecule has 0 bridgehead atoms. The van der Waals surface area contributed by atoms with E-state index >= 15 is 0 Å². The molecule has 0 aliphatic heterocycles. The van der Waals surface area contributed by atoms with Gasteiger partial charge in [-0.15, -0.1) is 0 Å². The van der Waals surface area contributed by atoms with Gasteiger partial charge in [-0.2, -0.15) is 13.2 Å². The number of alkyl halides is 3. The molecular formula is C20H15F3N4O4S. The van der Waals surface area contributed by atoms with Crippen molar-refractivity contribution in [1.29, 1.82) is 0 Å². The van der Waals surface area contributed by atoms with Crippen molar-refractivity contribution in [3.8, 4) is 5.75 Å². The average molecular weight is 464 g/mol. The number of halogens is 3. The number of aromatic nitrogens is 3. The summed E-state index contributed by atoms with van der Waals surface area (Å²) >= 11 is 1.07. The molecule has 0 fully saturated rings. The zero-order chi connectivity index (χ0) is 23.0. The van der Waals surface area contributed by atoms with E-state index in [9.17, 15) is 27.6 Å². The molecule has 0 aliphatic rings. The Hall–Kier alpha value is -3.67. The lowest BCUT2D eigenvalue weighted by Gasteiger charge is -2.08. The summed E-state index contributed by atoms with van der Waals surface area (Å²) in [6.45, 7) is 0.481. The number of benzene rings is 2. The summed E-state index contributed by atoms with van der Waals surface area (Å²) in [5.74, 6) is -0.493. The van der Waals surface area contributed by atoms with Crippen LogP contribution in [0.2, 0.25) is 0 Å². The predicted molar refractivity (Wildman–Crippen MR) is 114 cm³/mol. The van der Waals surface area contributed by atoms with E-state index in [2.05, 4.69) is 15.3 Å². The fourth-order valence-corrected chi connectivity index (χ4v) is 3.95. The summed E-state index contributed by atoms with van der Waals surface area (Å²) in [6, 6.07) is 8.57. The Balaban J connectivity index is 1.57. The van der Waals surface area contributed by atoms with Crippen LogP contribution in [-0.4, -0.2) is 33.2 Å². The van der Waals surface area contributed by atoms with Gasteiger partial charge in [0, 0.05) is 12.1 Å². The third-order valence-corrected chi connectivity index (χ3v) is 5.48. The number of carbonyl (C=O) groups excluding carboxylic acids is 1. The second-order valence-corrected chi connectivity index (χ2v) is 7.78. The number of ether oxygens (including phenoxy) is 1. The van der Waals surface area contributed by atoms with Crippen LogP contribution in [0.15, 0.2) is 46.0 Å². The minimum atomic E-state index is -4.45. The first-order valence-electron chi connectivity index (χ1n) is 9.33. The predicted octanol–water partition coefficient (Wildman–Crippen LogP) is 3.51. The van der Waals surface area contributed by atoms with Gasteiger partial charge in [0.25, 0.3) is 11.5 Å². The number of hydrogen-bond donors (Lipinski definition) is 2. The van der Waals surface area contributed by atoms with Crippen LogP contribution in [0, 0.1) is 0 Å². The number of amides is 1. The highest BCUT2D eigenvalue weighted by atomic mass is 32.1. The molecule has 12 heteroatoms. The molecule has 0 atom stereocenters. The van der Waals surface area contributed by atoms with Crippen LogP contribution < -0.4 is 21.3 Å². The number of aromatic amines is 1. The third kappa shape index (κ3) is 4.35. The van der Waals surface area contributed by atoms with Gasteiger partial charge < -0.3 is 9.72 Å². The first-order chi connectivity index (χ1) is 15.1. The molecule has 8 nitrogen and oxygen atoms in total. The molecule has 0 saturated heterocycles. The largest absolute Gasteiger partial charge is 0.484 e. The first kappa shape index (κ1) is 21.6. The van der Waals surface area contributed by atoms with Crippen LogP contribution in [-0.2, 0) is 6.54 Å². The maximum absolute atomic E-state index is 12.6. The van der Waals surface area contributed by atoms with Crippen molar-refractivity contribution in [2.75, 3.05) is 11.9 Å². The molecule has 2 aromatic heterocycles. The van der Waals surface area contributed by atoms with E-state index in [0.29, 0.717) is 10.2 Å². The molecule has 4 aromatic rings. The van der Waals surface area contributed by atoms with Crippen molar-refractivity contribution in [2.24, 2.45) is 0 Å². The highest BCUT2D eigenvalue weighted by Crippen LogP contribution is 2.30. The van der Waals surface area contributed by atoms with E-state index in [-0.39, 0.29) is 33.9 Å². The molecule has 2 N–H and O–H groups in total. The van der Waals surface area contributed by atoms with Crippen LogP contribution in [0.3, 0.4) is 0 Å². The fourth-order valence-electron chi connectivity index (χ4n) is 3.07. The Morgan fingerprint density at radius 3 is 2.72 bits per heavy atom. The summed E-state index contributed by atoms with van der Waals surface area (Å²) < 4.78 is 43.3. The molecular weight excluding hydrogens is 449 g/mol. The lowest BCUT2D eigenvalue weighted by molar-refractivity contribution is -0.153. The number of thiazole rings is 1.